The topological polar surface area (TPSA) is 43.1 Å². The number of thiophene rings is 1. The Labute approximate surface area is 80.3 Å². The van der Waals surface area contributed by atoms with Gasteiger partial charge < -0.3 is 5.73 Å². The van der Waals surface area contributed by atoms with Gasteiger partial charge in [0.05, 0.1) is 9.90 Å². The highest BCUT2D eigenvalue weighted by molar-refractivity contribution is 7.14. The van der Waals surface area contributed by atoms with Crippen molar-refractivity contribution >= 4 is 28.7 Å². The smallest absolute Gasteiger partial charge is 0.175 e. The van der Waals surface area contributed by atoms with E-state index in [2.05, 4.69) is 0 Å². The minimum Gasteiger partial charge on any atom is -0.330 e. The molecule has 0 spiro atoms. The van der Waals surface area contributed by atoms with Gasteiger partial charge in [0.1, 0.15) is 0 Å². The van der Waals surface area contributed by atoms with Crippen LogP contribution in [0.2, 0.25) is 5.02 Å². The molecule has 2 N–H and O–H groups in total. The molecule has 0 saturated carbocycles. The predicted molar refractivity (Wildman–Crippen MR) is 52.1 cm³/mol. The van der Waals surface area contributed by atoms with Crippen molar-refractivity contribution in [1.29, 1.82) is 0 Å². The van der Waals surface area contributed by atoms with Gasteiger partial charge in [-0.25, -0.2) is 0 Å². The third-order valence-corrected chi connectivity index (χ3v) is 2.94. The summed E-state index contributed by atoms with van der Waals surface area (Å²) in [6.45, 7) is 2.31. The van der Waals surface area contributed by atoms with E-state index in [1.54, 1.807) is 6.07 Å². The van der Waals surface area contributed by atoms with Crippen molar-refractivity contribution in [1.82, 2.24) is 0 Å². The van der Waals surface area contributed by atoms with Gasteiger partial charge >= 0.3 is 0 Å². The van der Waals surface area contributed by atoms with Crippen molar-refractivity contribution in [3.63, 3.8) is 0 Å². The summed E-state index contributed by atoms with van der Waals surface area (Å²) >= 11 is 7.25. The molecule has 0 aromatic carbocycles. The van der Waals surface area contributed by atoms with Crippen LogP contribution in [0.15, 0.2) is 6.07 Å². The summed E-state index contributed by atoms with van der Waals surface area (Å²) in [4.78, 5) is 13.0. The normalized spacial score (nSPS) is 10.2. The molecule has 0 unspecified atom stereocenters. The van der Waals surface area contributed by atoms with E-state index in [9.17, 15) is 4.79 Å². The number of halogens is 1. The summed E-state index contributed by atoms with van der Waals surface area (Å²) in [6, 6.07) is 1.80. The van der Waals surface area contributed by atoms with E-state index in [1.165, 1.54) is 11.3 Å². The minimum atomic E-state index is 0.0422. The summed E-state index contributed by atoms with van der Waals surface area (Å²) in [5, 5.41) is 0.552. The van der Waals surface area contributed by atoms with E-state index in [0.717, 1.165) is 4.88 Å². The molecule has 0 fully saturated rings. The molecule has 1 aromatic rings. The number of nitrogens with two attached hydrogens (primary N) is 1. The fourth-order valence-electron chi connectivity index (χ4n) is 0.918. The molecule has 66 valence electrons. The van der Waals surface area contributed by atoms with Gasteiger partial charge in [-0.3, -0.25) is 4.79 Å². The maximum atomic E-state index is 11.3. The van der Waals surface area contributed by atoms with Crippen molar-refractivity contribution in [3.05, 3.63) is 20.8 Å². The van der Waals surface area contributed by atoms with Gasteiger partial charge in [0.25, 0.3) is 0 Å². The maximum Gasteiger partial charge on any atom is 0.175 e. The Bertz CT molecular complexity index is 295. The minimum absolute atomic E-state index is 0.0422. The van der Waals surface area contributed by atoms with Crippen LogP contribution in [0.5, 0.6) is 0 Å². The Balaban J connectivity index is 2.87. The number of rotatable bonds is 3. The lowest BCUT2D eigenvalue weighted by Gasteiger charge is -1.93. The van der Waals surface area contributed by atoms with Crippen LogP contribution in [0.4, 0.5) is 0 Å². The van der Waals surface area contributed by atoms with E-state index in [1.807, 2.05) is 6.92 Å². The molecule has 0 radical (unpaired) electrons. The first-order valence-electron chi connectivity index (χ1n) is 3.64. The Kier molecular flexibility index (Phi) is 3.26. The van der Waals surface area contributed by atoms with Crippen molar-refractivity contribution in [3.8, 4) is 0 Å². The highest BCUT2D eigenvalue weighted by Gasteiger charge is 2.12. The zero-order valence-electron chi connectivity index (χ0n) is 6.76. The number of aryl methyl sites for hydroxylation is 1. The van der Waals surface area contributed by atoms with Crippen LogP contribution in [0.3, 0.4) is 0 Å². The molecular weight excluding hydrogens is 194 g/mol. The lowest BCUT2D eigenvalue weighted by Crippen LogP contribution is -2.06. The average molecular weight is 204 g/mol. The average Bonchev–Trinajstić information content (AvgIpc) is 2.30. The van der Waals surface area contributed by atoms with Gasteiger partial charge in [-0.05, 0) is 19.5 Å². The van der Waals surface area contributed by atoms with E-state index < -0.39 is 0 Å². The molecule has 2 nitrogen and oxygen atoms in total. The molecule has 0 saturated heterocycles. The van der Waals surface area contributed by atoms with Crippen LogP contribution < -0.4 is 5.73 Å². The highest BCUT2D eigenvalue weighted by atomic mass is 35.5. The summed E-state index contributed by atoms with van der Waals surface area (Å²) in [6.07, 6.45) is 0.375. The number of carbonyl (C=O) groups excluding carboxylic acids is 1. The van der Waals surface area contributed by atoms with Crippen LogP contribution in [-0.4, -0.2) is 12.3 Å². The summed E-state index contributed by atoms with van der Waals surface area (Å²) < 4.78 is 0. The molecule has 0 aliphatic carbocycles. The van der Waals surface area contributed by atoms with Gasteiger partial charge in [0.2, 0.25) is 0 Å². The molecule has 1 aromatic heterocycles. The fourth-order valence-corrected chi connectivity index (χ4v) is 2.24. The van der Waals surface area contributed by atoms with E-state index in [4.69, 9.17) is 17.3 Å². The first-order valence-corrected chi connectivity index (χ1v) is 4.83. The molecule has 0 aliphatic heterocycles. The lowest BCUT2D eigenvalue weighted by molar-refractivity contribution is 0.0989. The Morgan fingerprint density at radius 2 is 2.42 bits per heavy atom. The molecule has 1 rings (SSSR count). The SMILES string of the molecule is Cc1cc(Cl)c(C(=O)CCN)s1. The van der Waals surface area contributed by atoms with E-state index >= 15 is 0 Å². The lowest BCUT2D eigenvalue weighted by atomic mass is 10.2. The molecule has 0 atom stereocenters. The molecule has 0 amide bonds. The van der Waals surface area contributed by atoms with Gasteiger partial charge in [-0.2, -0.15) is 0 Å². The van der Waals surface area contributed by atoms with Crippen molar-refractivity contribution in [2.24, 2.45) is 5.73 Å². The second-order valence-electron chi connectivity index (χ2n) is 2.50. The standard InChI is InChI=1S/C8H10ClNOS/c1-5-4-6(9)8(12-5)7(11)2-3-10/h4H,2-3,10H2,1H3. The summed E-state index contributed by atoms with van der Waals surface area (Å²) in [5.41, 5.74) is 5.26. The van der Waals surface area contributed by atoms with Crippen LogP contribution >= 0.6 is 22.9 Å². The van der Waals surface area contributed by atoms with E-state index in [0.29, 0.717) is 22.9 Å². The Morgan fingerprint density at radius 1 is 1.75 bits per heavy atom. The number of hydrogen-bond donors (Lipinski definition) is 1. The number of carbonyl (C=O) groups is 1. The Hall–Kier alpha value is -0.380. The fraction of sp³-hybridized carbons (Fsp3) is 0.375. The van der Waals surface area contributed by atoms with Crippen LogP contribution in [-0.2, 0) is 0 Å². The third kappa shape index (κ3) is 2.06. The summed E-state index contributed by atoms with van der Waals surface area (Å²) in [5.74, 6) is 0.0422. The molecule has 0 aliphatic rings. The van der Waals surface area contributed by atoms with Crippen LogP contribution in [0.25, 0.3) is 0 Å². The zero-order valence-corrected chi connectivity index (χ0v) is 8.34. The third-order valence-electron chi connectivity index (χ3n) is 1.43. The maximum absolute atomic E-state index is 11.3. The van der Waals surface area contributed by atoms with Gasteiger partial charge in [0, 0.05) is 11.3 Å². The second-order valence-corrected chi connectivity index (χ2v) is 4.16. The van der Waals surface area contributed by atoms with Crippen molar-refractivity contribution < 1.29 is 4.79 Å². The largest absolute Gasteiger partial charge is 0.330 e. The van der Waals surface area contributed by atoms with Gasteiger partial charge in [0.15, 0.2) is 5.78 Å². The number of hydrogen-bond acceptors (Lipinski definition) is 3. The molecule has 12 heavy (non-hydrogen) atoms. The first kappa shape index (κ1) is 9.71. The quantitative estimate of drug-likeness (QED) is 0.766. The molecular formula is C8H10ClNOS. The van der Waals surface area contributed by atoms with Gasteiger partial charge in [-0.1, -0.05) is 11.6 Å². The number of Topliss-reactive ketones (excluding diaryl/α,β-unsaturated/α-hetero) is 1. The first-order chi connectivity index (χ1) is 5.65. The van der Waals surface area contributed by atoms with Crippen LogP contribution in [0.1, 0.15) is 21.0 Å². The summed E-state index contributed by atoms with van der Waals surface area (Å²) in [7, 11) is 0. The molecule has 0 bridgehead atoms. The second kappa shape index (κ2) is 4.03. The molecule has 4 heteroatoms. The Morgan fingerprint density at radius 3 is 2.83 bits per heavy atom. The van der Waals surface area contributed by atoms with Gasteiger partial charge in [-0.15, -0.1) is 11.3 Å². The number of ketones is 1. The van der Waals surface area contributed by atoms with E-state index in [-0.39, 0.29) is 5.78 Å². The zero-order chi connectivity index (χ0) is 9.14. The van der Waals surface area contributed by atoms with Crippen molar-refractivity contribution in [2.45, 2.75) is 13.3 Å². The van der Waals surface area contributed by atoms with Crippen LogP contribution in [0, 0.1) is 6.92 Å². The highest BCUT2D eigenvalue weighted by Crippen LogP contribution is 2.27. The monoisotopic (exact) mass is 203 g/mol. The molecule has 1 heterocycles. The van der Waals surface area contributed by atoms with Crippen molar-refractivity contribution in [2.75, 3.05) is 6.54 Å². The predicted octanol–water partition coefficient (Wildman–Crippen LogP) is 2.24.